The number of Topliss-reactive ketones (excluding diaryl/α,β-unsaturated/α-hetero) is 2. The van der Waals surface area contributed by atoms with Gasteiger partial charge in [-0.3, -0.25) is 14.4 Å². The topological polar surface area (TPSA) is 139 Å². The molecule has 0 bridgehead atoms. The number of cyclic esters (lactones) is 1. The van der Waals surface area contributed by atoms with Crippen molar-refractivity contribution in [3.63, 3.8) is 0 Å². The van der Waals surface area contributed by atoms with Crippen LogP contribution < -0.4 is 0 Å². The van der Waals surface area contributed by atoms with Crippen molar-refractivity contribution in [2.24, 2.45) is 40.9 Å². The summed E-state index contributed by atoms with van der Waals surface area (Å²) in [6.07, 6.45) is 4.18. The fraction of sp³-hybridized carbons (Fsp3) is 0.773. The molecule has 3 aliphatic heterocycles. The molecule has 12 heteroatoms. The highest BCUT2D eigenvalue weighted by atomic mass is 16.7. The van der Waals surface area contributed by atoms with Crippen molar-refractivity contribution in [3.05, 3.63) is 24.7 Å². The maximum absolute atomic E-state index is 14.8. The van der Waals surface area contributed by atoms with Crippen LogP contribution in [-0.2, 0) is 38.9 Å². The van der Waals surface area contributed by atoms with Crippen LogP contribution in [0.4, 0.5) is 4.79 Å². The van der Waals surface area contributed by atoms with Crippen molar-refractivity contribution in [2.75, 3.05) is 6.54 Å². The fourth-order valence-corrected chi connectivity index (χ4v) is 10.2. The minimum Gasteiger partial charge on any atom is -0.457 e. The first-order valence-electron chi connectivity index (χ1n) is 21.1. The molecule has 56 heavy (non-hydrogen) atoms. The van der Waals surface area contributed by atoms with Gasteiger partial charge in [0.1, 0.15) is 23.3 Å². The molecule has 3 fully saturated rings. The van der Waals surface area contributed by atoms with Gasteiger partial charge in [0.2, 0.25) is 0 Å². The summed E-state index contributed by atoms with van der Waals surface area (Å²) in [6.45, 7) is 26.0. The zero-order chi connectivity index (χ0) is 41.5. The Kier molecular flexibility index (Phi) is 13.2. The molecule has 12 nitrogen and oxygen atoms in total. The average molecular weight is 781 g/mol. The van der Waals surface area contributed by atoms with E-state index in [1.165, 1.54) is 0 Å². The first kappa shape index (κ1) is 43.7. The second kappa shape index (κ2) is 16.8. The Morgan fingerprint density at radius 2 is 1.66 bits per heavy atom. The van der Waals surface area contributed by atoms with Gasteiger partial charge in [-0.05, 0) is 89.7 Å². The van der Waals surface area contributed by atoms with E-state index in [2.05, 4.69) is 42.2 Å². The number of esters is 1. The molecule has 0 N–H and O–H groups in total. The van der Waals surface area contributed by atoms with Crippen molar-refractivity contribution in [2.45, 2.75) is 170 Å². The summed E-state index contributed by atoms with van der Waals surface area (Å²) in [6, 6.07) is 3.08. The maximum Gasteiger partial charge on any atom is 0.410 e. The Morgan fingerprint density at radius 1 is 0.964 bits per heavy atom. The van der Waals surface area contributed by atoms with Crippen LogP contribution in [0.5, 0.6) is 0 Å². The monoisotopic (exact) mass is 781 g/mol. The van der Waals surface area contributed by atoms with Gasteiger partial charge < -0.3 is 28.4 Å². The van der Waals surface area contributed by atoms with Crippen molar-refractivity contribution in [3.8, 4) is 0 Å². The minimum absolute atomic E-state index is 0.00737. The SMILES string of the molecule is CC[C@H]1OC(=O)[C@H](C)C(=O)[C@H](C)[C@@H](O[C@@H]2O[C@H](C)C[C@H](C)[C@H]2C)C(C)(C)C[C@@H](C)C(=O)[C@H](C)[C@H]2N(CCCC(C)(C)n3cnc4cccnc43)C(=O)O[C@]12CC. The van der Waals surface area contributed by atoms with E-state index >= 15 is 0 Å². The Labute approximate surface area is 334 Å². The molecule has 312 valence electrons. The van der Waals surface area contributed by atoms with Crippen molar-refractivity contribution in [1.29, 1.82) is 0 Å². The Hall–Kier alpha value is -3.38. The highest BCUT2D eigenvalue weighted by Crippen LogP contribution is 2.46. The largest absolute Gasteiger partial charge is 0.457 e. The average Bonchev–Trinajstić information content (AvgIpc) is 3.71. The number of fused-ring (bicyclic) bond motifs is 2. The third-order valence-electron chi connectivity index (χ3n) is 13.6. The Balaban J connectivity index is 1.49. The van der Waals surface area contributed by atoms with Crippen LogP contribution in [0, 0.1) is 40.9 Å². The minimum atomic E-state index is -1.31. The zero-order valence-corrected chi connectivity index (χ0v) is 36.2. The van der Waals surface area contributed by atoms with Gasteiger partial charge >= 0.3 is 12.1 Å². The number of hydrogen-bond donors (Lipinski definition) is 0. The molecule has 0 unspecified atom stereocenters. The molecule has 0 spiro atoms. The molecule has 3 saturated heterocycles. The van der Waals surface area contributed by atoms with Crippen LogP contribution in [0.15, 0.2) is 24.7 Å². The van der Waals surface area contributed by atoms with Crippen LogP contribution >= 0.6 is 0 Å². The predicted octanol–water partition coefficient (Wildman–Crippen LogP) is 8.14. The number of aromatic nitrogens is 3. The Morgan fingerprint density at radius 3 is 2.32 bits per heavy atom. The van der Waals surface area contributed by atoms with Crippen molar-refractivity contribution in [1.82, 2.24) is 19.4 Å². The molecule has 3 aliphatic rings. The van der Waals surface area contributed by atoms with Crippen LogP contribution in [-0.4, -0.2) is 85.9 Å². The lowest BCUT2D eigenvalue weighted by molar-refractivity contribution is -0.267. The second-order valence-corrected chi connectivity index (χ2v) is 18.7. The highest BCUT2D eigenvalue weighted by molar-refractivity contribution is 6.00. The van der Waals surface area contributed by atoms with Crippen LogP contribution in [0.25, 0.3) is 11.2 Å². The number of ketones is 2. The normalized spacial score (nSPS) is 36.2. The summed E-state index contributed by atoms with van der Waals surface area (Å²) >= 11 is 0. The van der Waals surface area contributed by atoms with Crippen LogP contribution in [0.3, 0.4) is 0 Å². The van der Waals surface area contributed by atoms with Gasteiger partial charge in [-0.2, -0.15) is 0 Å². The number of ether oxygens (including phenoxy) is 4. The molecule has 1 amide bonds. The number of rotatable bonds is 9. The predicted molar refractivity (Wildman–Crippen MR) is 213 cm³/mol. The zero-order valence-electron chi connectivity index (χ0n) is 36.2. The standard InChI is InChI=1S/C44H68N4O8/c1-14-33-44(15-2)36(47(41(52)56-44)21-17-19-43(12,13)48-24-46-32-18-16-20-45-38(32)48)29(7)34(49)26(4)23-42(10,11)37(30(8)35(50)31(9)39(51)54-33)55-40-28(6)25(3)22-27(5)53-40/h16,18,20,24-31,33,36-37,40H,14-15,17,19,21-23H2,1-13H3/t25-,26+,27+,28+,29-,30-,31+,33+,36+,37+,40-,44+/m0/s1. The van der Waals surface area contributed by atoms with E-state index in [0.29, 0.717) is 44.6 Å². The first-order valence-corrected chi connectivity index (χ1v) is 21.1. The van der Waals surface area contributed by atoms with Gasteiger partial charge in [-0.15, -0.1) is 0 Å². The number of amides is 1. The number of pyridine rings is 1. The van der Waals surface area contributed by atoms with Crippen molar-refractivity contribution >= 4 is 34.8 Å². The van der Waals surface area contributed by atoms with Gasteiger partial charge in [-0.1, -0.05) is 62.3 Å². The molecule has 2 aromatic heterocycles. The molecule has 5 rings (SSSR count). The first-order chi connectivity index (χ1) is 26.2. The third kappa shape index (κ3) is 8.29. The summed E-state index contributed by atoms with van der Waals surface area (Å²) in [5, 5.41) is 0. The van der Waals surface area contributed by atoms with E-state index in [0.717, 1.165) is 17.6 Å². The molecule has 0 radical (unpaired) electrons. The summed E-state index contributed by atoms with van der Waals surface area (Å²) in [5.41, 5.74) is -0.770. The summed E-state index contributed by atoms with van der Waals surface area (Å²) in [4.78, 5) is 68.1. The van der Waals surface area contributed by atoms with E-state index in [4.69, 9.17) is 18.9 Å². The van der Waals surface area contributed by atoms with Gasteiger partial charge in [0.15, 0.2) is 23.3 Å². The highest BCUT2D eigenvalue weighted by Gasteiger charge is 2.61. The molecule has 12 atom stereocenters. The van der Waals surface area contributed by atoms with Gasteiger partial charge in [0.25, 0.3) is 0 Å². The van der Waals surface area contributed by atoms with E-state index in [1.807, 2.05) is 67.5 Å². The maximum atomic E-state index is 14.8. The Bertz CT molecular complexity index is 1740. The third-order valence-corrected chi connectivity index (χ3v) is 13.6. The molecule has 0 saturated carbocycles. The van der Waals surface area contributed by atoms with E-state index < -0.39 is 71.3 Å². The van der Waals surface area contributed by atoms with E-state index in [1.54, 1.807) is 24.3 Å². The number of imidazole rings is 1. The van der Waals surface area contributed by atoms with Crippen LogP contribution in [0.1, 0.15) is 129 Å². The van der Waals surface area contributed by atoms with Crippen LogP contribution in [0.2, 0.25) is 0 Å². The second-order valence-electron chi connectivity index (χ2n) is 18.7. The molecular weight excluding hydrogens is 713 g/mol. The summed E-state index contributed by atoms with van der Waals surface area (Å²) in [5.74, 6) is -3.47. The summed E-state index contributed by atoms with van der Waals surface area (Å²) in [7, 11) is 0. The van der Waals surface area contributed by atoms with E-state index in [9.17, 15) is 19.2 Å². The summed E-state index contributed by atoms with van der Waals surface area (Å²) < 4.78 is 27.9. The molecule has 5 heterocycles. The number of hydrogen-bond acceptors (Lipinski definition) is 10. The molecule has 0 aromatic carbocycles. The number of carbonyl (C=O) groups excluding carboxylic acids is 4. The molecule has 0 aliphatic carbocycles. The molecular formula is C44H68N4O8. The fourth-order valence-electron chi connectivity index (χ4n) is 10.2. The lowest BCUT2D eigenvalue weighted by Gasteiger charge is -2.46. The van der Waals surface area contributed by atoms with Gasteiger partial charge in [0, 0.05) is 42.0 Å². The van der Waals surface area contributed by atoms with Gasteiger partial charge in [0.05, 0.1) is 24.6 Å². The van der Waals surface area contributed by atoms with E-state index in [-0.39, 0.29) is 29.1 Å². The lowest BCUT2D eigenvalue weighted by atomic mass is 9.68. The quantitative estimate of drug-likeness (QED) is 0.181. The van der Waals surface area contributed by atoms with Gasteiger partial charge in [-0.25, -0.2) is 14.8 Å². The lowest BCUT2D eigenvalue weighted by Crippen LogP contribution is -2.59. The van der Waals surface area contributed by atoms with Crippen molar-refractivity contribution < 1.29 is 38.1 Å². The molecule has 2 aromatic rings. The smallest absolute Gasteiger partial charge is 0.410 e. The number of carbonyl (C=O) groups is 4. The number of nitrogens with zero attached hydrogens (tertiary/aromatic N) is 4.